The number of aliphatic imine (C=N–C) groups is 1. The summed E-state index contributed by atoms with van der Waals surface area (Å²) in [5.41, 5.74) is 7.06. The van der Waals surface area contributed by atoms with Crippen LogP contribution in [0.4, 0.5) is 11.4 Å². The number of benzene rings is 3. The Morgan fingerprint density at radius 1 is 0.879 bits per heavy atom. The molecule has 0 N–H and O–H groups in total. The second-order valence-electron chi connectivity index (χ2n) is 9.32. The Hall–Kier alpha value is -3.24. The minimum atomic E-state index is 0.00325. The third-order valence-electron chi connectivity index (χ3n) is 7.12. The predicted octanol–water partition coefficient (Wildman–Crippen LogP) is 5.68. The number of hydrogen-bond acceptors (Lipinski definition) is 3. The number of para-hydroxylation sites is 1. The van der Waals surface area contributed by atoms with Gasteiger partial charge in [0, 0.05) is 18.7 Å². The van der Waals surface area contributed by atoms with E-state index in [-0.39, 0.29) is 5.91 Å². The molecule has 0 aromatic heterocycles. The van der Waals surface area contributed by atoms with Crippen LogP contribution in [0, 0.1) is 19.8 Å². The normalized spacial score (nSPS) is 18.2. The van der Waals surface area contributed by atoms with Gasteiger partial charge in [-0.15, -0.1) is 0 Å². The van der Waals surface area contributed by atoms with Crippen LogP contribution < -0.4 is 4.90 Å². The molecule has 0 aliphatic carbocycles. The number of likely N-dealkylation sites (tertiary alicyclic amines) is 1. The van der Waals surface area contributed by atoms with Crippen LogP contribution >= 0.6 is 0 Å². The van der Waals surface area contributed by atoms with E-state index in [1.165, 1.54) is 24.0 Å². The molecule has 168 valence electrons. The van der Waals surface area contributed by atoms with Gasteiger partial charge in [0.2, 0.25) is 0 Å². The summed E-state index contributed by atoms with van der Waals surface area (Å²) in [6, 6.07) is 24.9. The van der Waals surface area contributed by atoms with Gasteiger partial charge in [-0.3, -0.25) is 14.6 Å². The predicted molar refractivity (Wildman–Crippen MR) is 135 cm³/mol. The van der Waals surface area contributed by atoms with E-state index in [9.17, 15) is 4.79 Å². The van der Waals surface area contributed by atoms with E-state index in [0.29, 0.717) is 18.3 Å². The van der Waals surface area contributed by atoms with Crippen molar-refractivity contribution in [2.75, 3.05) is 24.7 Å². The highest BCUT2D eigenvalue weighted by molar-refractivity contribution is 6.54. The summed E-state index contributed by atoms with van der Waals surface area (Å²) in [6.07, 6.45) is 3.48. The van der Waals surface area contributed by atoms with Gasteiger partial charge >= 0.3 is 0 Å². The first-order chi connectivity index (χ1) is 16.1. The largest absolute Gasteiger partial charge is 0.293 e. The minimum Gasteiger partial charge on any atom is -0.293 e. The molecule has 2 heterocycles. The minimum absolute atomic E-state index is 0.00325. The van der Waals surface area contributed by atoms with Crippen LogP contribution in [0.1, 0.15) is 35.1 Å². The van der Waals surface area contributed by atoms with Crippen molar-refractivity contribution in [1.82, 2.24) is 4.90 Å². The molecular formula is C29H31N3O. The van der Waals surface area contributed by atoms with Crippen molar-refractivity contribution in [3.05, 3.63) is 95.1 Å². The number of anilines is 1. The number of carbonyl (C=O) groups excluding carboxylic acids is 1. The van der Waals surface area contributed by atoms with E-state index in [2.05, 4.69) is 55.1 Å². The molecule has 0 bridgehead atoms. The first kappa shape index (κ1) is 21.6. The fourth-order valence-corrected chi connectivity index (χ4v) is 4.97. The Bertz CT molecular complexity index is 1180. The molecule has 1 amide bonds. The first-order valence-electron chi connectivity index (χ1n) is 11.9. The smallest absolute Gasteiger partial charge is 0.278 e. The molecule has 3 aromatic rings. The molecule has 5 rings (SSSR count). The topological polar surface area (TPSA) is 35.9 Å². The summed E-state index contributed by atoms with van der Waals surface area (Å²) in [6.45, 7) is 6.81. The fourth-order valence-electron chi connectivity index (χ4n) is 4.97. The first-order valence-corrected chi connectivity index (χ1v) is 11.9. The van der Waals surface area contributed by atoms with Crippen molar-refractivity contribution in [3.8, 4) is 0 Å². The van der Waals surface area contributed by atoms with Crippen molar-refractivity contribution in [2.45, 2.75) is 33.1 Å². The van der Waals surface area contributed by atoms with Crippen LogP contribution in [0.25, 0.3) is 0 Å². The zero-order valence-electron chi connectivity index (χ0n) is 19.5. The van der Waals surface area contributed by atoms with Gasteiger partial charge < -0.3 is 0 Å². The summed E-state index contributed by atoms with van der Waals surface area (Å²) >= 11 is 0. The number of piperidine rings is 1. The Balaban J connectivity index is 1.31. The van der Waals surface area contributed by atoms with Gasteiger partial charge in [-0.2, -0.15) is 0 Å². The van der Waals surface area contributed by atoms with Gasteiger partial charge in [0.05, 0.1) is 18.0 Å². The van der Waals surface area contributed by atoms with Crippen molar-refractivity contribution < 1.29 is 4.79 Å². The van der Waals surface area contributed by atoms with Crippen molar-refractivity contribution in [1.29, 1.82) is 0 Å². The number of nitrogens with zero attached hydrogens (tertiary/aromatic N) is 3. The second kappa shape index (κ2) is 9.32. The van der Waals surface area contributed by atoms with Crippen molar-refractivity contribution >= 4 is 23.0 Å². The maximum absolute atomic E-state index is 13.5. The number of hydrogen-bond donors (Lipinski definition) is 0. The molecule has 4 nitrogen and oxygen atoms in total. The third kappa shape index (κ3) is 4.49. The number of fused-ring (bicyclic) bond motifs is 1. The van der Waals surface area contributed by atoms with E-state index in [1.54, 1.807) is 0 Å². The molecule has 33 heavy (non-hydrogen) atoms. The van der Waals surface area contributed by atoms with Crippen LogP contribution in [-0.2, 0) is 11.2 Å². The van der Waals surface area contributed by atoms with Crippen LogP contribution in [0.15, 0.2) is 77.8 Å². The van der Waals surface area contributed by atoms with Gasteiger partial charge in [-0.25, -0.2) is 4.99 Å². The standard InChI is InChI=1S/C29H31N3O/c1-21-9-8-13-26(22(21)2)30-28-25-12-6-7-14-27(25)32(29(28)33)20-31-17-15-24(16-18-31)19-23-10-4-3-5-11-23/h3-14,24H,15-20H2,1-2H3. The highest BCUT2D eigenvalue weighted by atomic mass is 16.2. The van der Waals surface area contributed by atoms with Crippen molar-refractivity contribution in [3.63, 3.8) is 0 Å². The molecule has 0 atom stereocenters. The summed E-state index contributed by atoms with van der Waals surface area (Å²) in [4.78, 5) is 22.7. The maximum atomic E-state index is 13.5. The van der Waals surface area contributed by atoms with E-state index in [1.807, 2.05) is 41.3 Å². The lowest BCUT2D eigenvalue weighted by Crippen LogP contribution is -2.44. The van der Waals surface area contributed by atoms with Gasteiger partial charge in [-0.05, 0) is 67.9 Å². The third-order valence-corrected chi connectivity index (χ3v) is 7.12. The van der Waals surface area contributed by atoms with E-state index < -0.39 is 0 Å². The van der Waals surface area contributed by atoms with Gasteiger partial charge in [-0.1, -0.05) is 60.7 Å². The lowest BCUT2D eigenvalue weighted by Gasteiger charge is -2.34. The monoisotopic (exact) mass is 437 g/mol. The Morgan fingerprint density at radius 3 is 2.39 bits per heavy atom. The number of amides is 1. The van der Waals surface area contributed by atoms with E-state index in [0.717, 1.165) is 42.0 Å². The Morgan fingerprint density at radius 2 is 1.61 bits per heavy atom. The number of rotatable bonds is 5. The molecule has 0 radical (unpaired) electrons. The molecule has 2 aliphatic rings. The zero-order chi connectivity index (χ0) is 22.8. The fraction of sp³-hybridized carbons (Fsp3) is 0.310. The lowest BCUT2D eigenvalue weighted by molar-refractivity contribution is -0.112. The molecule has 1 saturated heterocycles. The summed E-state index contributed by atoms with van der Waals surface area (Å²) in [7, 11) is 0. The number of aryl methyl sites for hydroxylation is 1. The van der Waals surface area contributed by atoms with Crippen LogP contribution in [-0.4, -0.2) is 36.3 Å². The molecule has 3 aromatic carbocycles. The summed E-state index contributed by atoms with van der Waals surface area (Å²) in [5, 5.41) is 0. The molecule has 0 unspecified atom stereocenters. The molecule has 1 fully saturated rings. The summed E-state index contributed by atoms with van der Waals surface area (Å²) < 4.78 is 0. The van der Waals surface area contributed by atoms with Crippen LogP contribution in [0.3, 0.4) is 0 Å². The molecule has 4 heteroatoms. The Labute approximate surface area is 196 Å². The highest BCUT2D eigenvalue weighted by Crippen LogP contribution is 2.33. The highest BCUT2D eigenvalue weighted by Gasteiger charge is 2.35. The molecular weight excluding hydrogens is 406 g/mol. The zero-order valence-corrected chi connectivity index (χ0v) is 19.5. The van der Waals surface area contributed by atoms with E-state index in [4.69, 9.17) is 4.99 Å². The van der Waals surface area contributed by atoms with Gasteiger partial charge in [0.1, 0.15) is 5.71 Å². The van der Waals surface area contributed by atoms with Gasteiger partial charge in [0.15, 0.2) is 0 Å². The average Bonchev–Trinajstić information content (AvgIpc) is 3.10. The Kier molecular flexibility index (Phi) is 6.10. The summed E-state index contributed by atoms with van der Waals surface area (Å²) in [5.74, 6) is 0.718. The SMILES string of the molecule is Cc1cccc(N=C2C(=O)N(CN3CCC(Cc4ccccc4)CC3)c3ccccc32)c1C. The molecule has 2 aliphatic heterocycles. The molecule has 0 saturated carbocycles. The van der Waals surface area contributed by atoms with Gasteiger partial charge in [0.25, 0.3) is 5.91 Å². The lowest BCUT2D eigenvalue weighted by atomic mass is 9.90. The number of carbonyl (C=O) groups is 1. The average molecular weight is 438 g/mol. The van der Waals surface area contributed by atoms with Crippen molar-refractivity contribution in [2.24, 2.45) is 10.9 Å². The van der Waals surface area contributed by atoms with E-state index >= 15 is 0 Å². The molecule has 0 spiro atoms. The van der Waals surface area contributed by atoms with Crippen LogP contribution in [0.5, 0.6) is 0 Å². The maximum Gasteiger partial charge on any atom is 0.278 e. The quantitative estimate of drug-likeness (QED) is 0.515. The van der Waals surface area contributed by atoms with Crippen LogP contribution in [0.2, 0.25) is 0 Å². The second-order valence-corrected chi connectivity index (χ2v) is 9.32.